The zero-order valence-corrected chi connectivity index (χ0v) is 13.1. The highest BCUT2D eigenvalue weighted by atomic mass is 32.2. The standard InChI is InChI=1S/C15H18N2O3S/c1-4-21-13-7-5-6-12(14(13)15(18)19)16-8-11-9(2)17-20-10(11)3/h5-7,16H,4,8H2,1-3H3,(H,18,19). The number of aryl methyl sites for hydroxylation is 2. The SMILES string of the molecule is CCSc1cccc(NCc2c(C)noc2C)c1C(=O)O. The number of hydrogen-bond donors (Lipinski definition) is 2. The van der Waals surface area contributed by atoms with Crippen LogP contribution in [0.3, 0.4) is 0 Å². The summed E-state index contributed by atoms with van der Waals surface area (Å²) in [4.78, 5) is 12.3. The molecule has 0 fully saturated rings. The van der Waals surface area contributed by atoms with Gasteiger partial charge in [0.25, 0.3) is 0 Å². The van der Waals surface area contributed by atoms with Crippen LogP contribution in [0, 0.1) is 13.8 Å². The summed E-state index contributed by atoms with van der Waals surface area (Å²) in [6.07, 6.45) is 0. The molecule has 2 N–H and O–H groups in total. The molecule has 21 heavy (non-hydrogen) atoms. The van der Waals surface area contributed by atoms with E-state index in [1.54, 1.807) is 6.07 Å². The molecule has 0 aliphatic heterocycles. The van der Waals surface area contributed by atoms with Crippen molar-refractivity contribution in [3.05, 3.63) is 40.8 Å². The molecule has 0 amide bonds. The van der Waals surface area contributed by atoms with Crippen LogP contribution in [0.5, 0.6) is 0 Å². The fourth-order valence-corrected chi connectivity index (χ4v) is 2.94. The average Bonchev–Trinajstić information content (AvgIpc) is 2.76. The minimum absolute atomic E-state index is 0.316. The van der Waals surface area contributed by atoms with Crippen molar-refractivity contribution >= 4 is 23.4 Å². The summed E-state index contributed by atoms with van der Waals surface area (Å²) in [5.41, 5.74) is 2.70. The minimum atomic E-state index is -0.923. The Morgan fingerprint density at radius 2 is 2.19 bits per heavy atom. The maximum Gasteiger partial charge on any atom is 0.338 e. The van der Waals surface area contributed by atoms with E-state index in [1.807, 2.05) is 32.9 Å². The molecular weight excluding hydrogens is 288 g/mol. The Morgan fingerprint density at radius 1 is 1.43 bits per heavy atom. The van der Waals surface area contributed by atoms with Gasteiger partial charge in [0.05, 0.1) is 16.9 Å². The number of rotatable bonds is 6. The van der Waals surface area contributed by atoms with E-state index < -0.39 is 5.97 Å². The molecular formula is C15H18N2O3S. The van der Waals surface area contributed by atoms with Gasteiger partial charge in [-0.1, -0.05) is 18.1 Å². The first-order chi connectivity index (χ1) is 10.0. The summed E-state index contributed by atoms with van der Waals surface area (Å²) in [6, 6.07) is 5.47. The molecule has 6 heteroatoms. The number of anilines is 1. The molecule has 0 saturated carbocycles. The van der Waals surface area contributed by atoms with Gasteiger partial charge in [0.1, 0.15) is 5.76 Å². The number of carboxylic acids is 1. The Balaban J connectivity index is 2.27. The molecule has 0 aliphatic rings. The summed E-state index contributed by atoms with van der Waals surface area (Å²) in [5.74, 6) is 0.650. The van der Waals surface area contributed by atoms with Crippen LogP contribution in [0.15, 0.2) is 27.6 Å². The second kappa shape index (κ2) is 6.67. The van der Waals surface area contributed by atoms with Crippen molar-refractivity contribution in [2.75, 3.05) is 11.1 Å². The van der Waals surface area contributed by atoms with E-state index in [2.05, 4.69) is 10.5 Å². The molecule has 1 aromatic carbocycles. The van der Waals surface area contributed by atoms with Crippen LogP contribution >= 0.6 is 11.8 Å². The number of aromatic carboxylic acids is 1. The number of carbonyl (C=O) groups is 1. The van der Waals surface area contributed by atoms with Gasteiger partial charge in [-0.05, 0) is 31.7 Å². The third-order valence-corrected chi connectivity index (χ3v) is 4.12. The predicted octanol–water partition coefficient (Wildman–Crippen LogP) is 3.71. The third kappa shape index (κ3) is 3.39. The van der Waals surface area contributed by atoms with Crippen LogP contribution in [0.25, 0.3) is 0 Å². The number of nitrogens with one attached hydrogen (secondary N) is 1. The lowest BCUT2D eigenvalue weighted by Gasteiger charge is -2.12. The van der Waals surface area contributed by atoms with Gasteiger partial charge in [0.2, 0.25) is 0 Å². The van der Waals surface area contributed by atoms with E-state index in [1.165, 1.54) is 11.8 Å². The van der Waals surface area contributed by atoms with Gasteiger partial charge in [0, 0.05) is 17.0 Å². The lowest BCUT2D eigenvalue weighted by molar-refractivity contribution is 0.0694. The Hall–Kier alpha value is -1.95. The fraction of sp³-hybridized carbons (Fsp3) is 0.333. The second-order valence-electron chi connectivity index (χ2n) is 4.57. The molecule has 0 saturated heterocycles. The highest BCUT2D eigenvalue weighted by molar-refractivity contribution is 7.99. The molecule has 1 aromatic heterocycles. The summed E-state index contributed by atoms with van der Waals surface area (Å²) in [6.45, 7) is 6.20. The molecule has 2 aromatic rings. The van der Waals surface area contributed by atoms with E-state index in [0.29, 0.717) is 17.8 Å². The van der Waals surface area contributed by atoms with Crippen LogP contribution in [-0.4, -0.2) is 22.0 Å². The minimum Gasteiger partial charge on any atom is -0.478 e. The quantitative estimate of drug-likeness (QED) is 0.792. The van der Waals surface area contributed by atoms with Gasteiger partial charge >= 0.3 is 5.97 Å². The monoisotopic (exact) mass is 306 g/mol. The number of aromatic nitrogens is 1. The molecule has 0 spiro atoms. The van der Waals surface area contributed by atoms with Gasteiger partial charge in [-0.2, -0.15) is 0 Å². The van der Waals surface area contributed by atoms with Crippen molar-refractivity contribution in [2.24, 2.45) is 0 Å². The Labute approximate surface area is 127 Å². The Bertz CT molecular complexity index is 633. The van der Waals surface area contributed by atoms with Crippen molar-refractivity contribution in [2.45, 2.75) is 32.2 Å². The first-order valence-electron chi connectivity index (χ1n) is 6.69. The molecule has 112 valence electrons. The Morgan fingerprint density at radius 3 is 2.76 bits per heavy atom. The fourth-order valence-electron chi connectivity index (χ4n) is 2.11. The largest absolute Gasteiger partial charge is 0.478 e. The van der Waals surface area contributed by atoms with Crippen molar-refractivity contribution in [3.8, 4) is 0 Å². The topological polar surface area (TPSA) is 75.4 Å². The number of nitrogens with zero attached hydrogens (tertiary/aromatic N) is 1. The van der Waals surface area contributed by atoms with Crippen LogP contribution in [0.4, 0.5) is 5.69 Å². The van der Waals surface area contributed by atoms with Crippen LogP contribution < -0.4 is 5.32 Å². The zero-order valence-electron chi connectivity index (χ0n) is 12.3. The Kier molecular flexibility index (Phi) is 4.90. The van der Waals surface area contributed by atoms with E-state index in [-0.39, 0.29) is 0 Å². The number of benzene rings is 1. The van der Waals surface area contributed by atoms with E-state index in [9.17, 15) is 9.90 Å². The first kappa shape index (κ1) is 15.4. The maximum absolute atomic E-state index is 11.5. The summed E-state index contributed by atoms with van der Waals surface area (Å²) in [7, 11) is 0. The molecule has 0 atom stereocenters. The molecule has 0 unspecified atom stereocenters. The zero-order chi connectivity index (χ0) is 15.4. The molecule has 5 nitrogen and oxygen atoms in total. The van der Waals surface area contributed by atoms with Gasteiger partial charge in [-0.15, -0.1) is 11.8 Å². The molecule has 0 aliphatic carbocycles. The second-order valence-corrected chi connectivity index (χ2v) is 5.88. The molecule has 2 rings (SSSR count). The normalized spacial score (nSPS) is 10.6. The first-order valence-corrected chi connectivity index (χ1v) is 7.67. The number of carboxylic acid groups (broad SMARTS) is 1. The third-order valence-electron chi connectivity index (χ3n) is 3.18. The van der Waals surface area contributed by atoms with E-state index in [0.717, 1.165) is 27.7 Å². The van der Waals surface area contributed by atoms with Gasteiger partial charge in [-0.3, -0.25) is 0 Å². The number of hydrogen-bond acceptors (Lipinski definition) is 5. The van der Waals surface area contributed by atoms with E-state index in [4.69, 9.17) is 4.52 Å². The maximum atomic E-state index is 11.5. The highest BCUT2D eigenvalue weighted by Gasteiger charge is 2.16. The van der Waals surface area contributed by atoms with Crippen LogP contribution in [-0.2, 0) is 6.54 Å². The van der Waals surface area contributed by atoms with Crippen molar-refractivity contribution in [1.82, 2.24) is 5.16 Å². The van der Waals surface area contributed by atoms with Crippen molar-refractivity contribution in [1.29, 1.82) is 0 Å². The highest BCUT2D eigenvalue weighted by Crippen LogP contribution is 2.29. The smallest absolute Gasteiger partial charge is 0.338 e. The van der Waals surface area contributed by atoms with Crippen molar-refractivity contribution < 1.29 is 14.4 Å². The average molecular weight is 306 g/mol. The molecule has 0 radical (unpaired) electrons. The summed E-state index contributed by atoms with van der Waals surface area (Å²) < 4.78 is 5.11. The van der Waals surface area contributed by atoms with Gasteiger partial charge < -0.3 is 14.9 Å². The lowest BCUT2D eigenvalue weighted by atomic mass is 10.1. The van der Waals surface area contributed by atoms with E-state index >= 15 is 0 Å². The lowest BCUT2D eigenvalue weighted by Crippen LogP contribution is -2.08. The van der Waals surface area contributed by atoms with Crippen LogP contribution in [0.2, 0.25) is 0 Å². The summed E-state index contributed by atoms with van der Waals surface area (Å²) >= 11 is 1.52. The molecule has 0 bridgehead atoms. The predicted molar refractivity (Wildman–Crippen MR) is 83.1 cm³/mol. The molecule has 1 heterocycles. The van der Waals surface area contributed by atoms with Gasteiger partial charge in [0.15, 0.2) is 0 Å². The van der Waals surface area contributed by atoms with Gasteiger partial charge in [-0.25, -0.2) is 4.79 Å². The summed E-state index contributed by atoms with van der Waals surface area (Å²) in [5, 5.41) is 16.5. The number of thioether (sulfide) groups is 1. The van der Waals surface area contributed by atoms with Crippen molar-refractivity contribution in [3.63, 3.8) is 0 Å². The van der Waals surface area contributed by atoms with Crippen LogP contribution in [0.1, 0.15) is 34.3 Å².